The summed E-state index contributed by atoms with van der Waals surface area (Å²) < 4.78 is 5.93. The van der Waals surface area contributed by atoms with Crippen LogP contribution in [-0.2, 0) is 0 Å². The molecular formula is C18H26O. The van der Waals surface area contributed by atoms with E-state index in [9.17, 15) is 0 Å². The molecule has 0 N–H and O–H groups in total. The Morgan fingerprint density at radius 3 is 2.42 bits per heavy atom. The van der Waals surface area contributed by atoms with Crippen molar-refractivity contribution in [3.8, 4) is 17.6 Å². The van der Waals surface area contributed by atoms with Crippen LogP contribution in [0.5, 0.6) is 5.75 Å². The molecule has 0 fully saturated rings. The summed E-state index contributed by atoms with van der Waals surface area (Å²) in [5.41, 5.74) is 1.26. The maximum Gasteiger partial charge on any atom is 0.122 e. The van der Waals surface area contributed by atoms with Crippen molar-refractivity contribution in [1.82, 2.24) is 0 Å². The molecule has 0 saturated carbocycles. The van der Waals surface area contributed by atoms with Gasteiger partial charge in [0.2, 0.25) is 0 Å². The van der Waals surface area contributed by atoms with Gasteiger partial charge < -0.3 is 4.74 Å². The molecule has 2 atom stereocenters. The number of rotatable bonds is 5. The van der Waals surface area contributed by atoms with Crippen LogP contribution < -0.4 is 4.74 Å². The van der Waals surface area contributed by atoms with E-state index in [0.717, 1.165) is 18.8 Å². The van der Waals surface area contributed by atoms with Crippen LogP contribution in [0.15, 0.2) is 24.3 Å². The molecule has 1 nitrogen and oxygen atoms in total. The fourth-order valence-corrected chi connectivity index (χ4v) is 1.90. The van der Waals surface area contributed by atoms with Gasteiger partial charge in [0.25, 0.3) is 0 Å². The lowest BCUT2D eigenvalue weighted by Gasteiger charge is -2.20. The molecule has 0 bridgehead atoms. The van der Waals surface area contributed by atoms with Crippen LogP contribution in [0.3, 0.4) is 0 Å². The van der Waals surface area contributed by atoms with Gasteiger partial charge in [0.05, 0.1) is 6.61 Å². The standard InChI is InChI=1S/C18H26O/c1-6-7-10-15(4)16(5)17-11-8-9-12-18(17)19-13-14(2)3/h8-9,11-12,14-16H,6,13H2,1-5H3. The summed E-state index contributed by atoms with van der Waals surface area (Å²) in [6.07, 6.45) is 0.919. The Kier molecular flexibility index (Phi) is 6.50. The molecule has 0 radical (unpaired) electrons. The quantitative estimate of drug-likeness (QED) is 0.684. The summed E-state index contributed by atoms with van der Waals surface area (Å²) in [6.45, 7) is 11.6. The van der Waals surface area contributed by atoms with E-state index >= 15 is 0 Å². The maximum atomic E-state index is 5.93. The average Bonchev–Trinajstić information content (AvgIpc) is 2.42. The van der Waals surface area contributed by atoms with Gasteiger partial charge in [0, 0.05) is 12.3 Å². The molecule has 0 aromatic heterocycles. The minimum absolute atomic E-state index is 0.351. The Balaban J connectivity index is 2.86. The van der Waals surface area contributed by atoms with Crippen LogP contribution in [0.4, 0.5) is 0 Å². The van der Waals surface area contributed by atoms with Gasteiger partial charge in [-0.05, 0) is 23.5 Å². The summed E-state index contributed by atoms with van der Waals surface area (Å²) in [5.74, 6) is 8.79. The van der Waals surface area contributed by atoms with Gasteiger partial charge in [-0.2, -0.15) is 0 Å². The number of ether oxygens (including phenoxy) is 1. The molecule has 19 heavy (non-hydrogen) atoms. The van der Waals surface area contributed by atoms with Crippen molar-refractivity contribution in [2.75, 3.05) is 6.61 Å². The van der Waals surface area contributed by atoms with E-state index in [4.69, 9.17) is 4.74 Å². The summed E-state index contributed by atoms with van der Waals surface area (Å²) in [5, 5.41) is 0. The van der Waals surface area contributed by atoms with Gasteiger partial charge in [-0.3, -0.25) is 0 Å². The van der Waals surface area contributed by atoms with Crippen molar-refractivity contribution in [2.24, 2.45) is 11.8 Å². The SMILES string of the molecule is CCC#CC(C)C(C)c1ccccc1OCC(C)C. The zero-order valence-corrected chi connectivity index (χ0v) is 12.9. The van der Waals surface area contributed by atoms with Crippen molar-refractivity contribution >= 4 is 0 Å². The van der Waals surface area contributed by atoms with Crippen LogP contribution in [0.1, 0.15) is 52.5 Å². The lowest BCUT2D eigenvalue weighted by Crippen LogP contribution is -2.10. The smallest absolute Gasteiger partial charge is 0.122 e. The summed E-state index contributed by atoms with van der Waals surface area (Å²) >= 11 is 0. The number of benzene rings is 1. The maximum absolute atomic E-state index is 5.93. The second kappa shape index (κ2) is 7.89. The Labute approximate surface area is 118 Å². The van der Waals surface area contributed by atoms with Crippen LogP contribution in [0, 0.1) is 23.7 Å². The van der Waals surface area contributed by atoms with E-state index in [-0.39, 0.29) is 0 Å². The van der Waals surface area contributed by atoms with Gasteiger partial charge in [-0.1, -0.05) is 58.7 Å². The summed E-state index contributed by atoms with van der Waals surface area (Å²) in [4.78, 5) is 0. The normalized spacial score (nSPS) is 13.6. The molecule has 0 amide bonds. The first-order valence-corrected chi connectivity index (χ1v) is 7.26. The van der Waals surface area contributed by atoms with Crippen LogP contribution in [0.25, 0.3) is 0 Å². The Bertz CT molecular complexity index is 436. The molecule has 2 unspecified atom stereocenters. The van der Waals surface area contributed by atoms with Crippen molar-refractivity contribution in [3.63, 3.8) is 0 Å². The first kappa shape index (κ1) is 15.6. The highest BCUT2D eigenvalue weighted by Gasteiger charge is 2.16. The third kappa shape index (κ3) is 4.99. The largest absolute Gasteiger partial charge is 0.493 e. The van der Waals surface area contributed by atoms with Crippen LogP contribution in [-0.4, -0.2) is 6.61 Å². The molecule has 0 aliphatic carbocycles. The lowest BCUT2D eigenvalue weighted by molar-refractivity contribution is 0.266. The van der Waals surface area contributed by atoms with E-state index in [1.807, 2.05) is 6.07 Å². The minimum atomic E-state index is 0.351. The van der Waals surface area contributed by atoms with Crippen molar-refractivity contribution in [2.45, 2.75) is 47.0 Å². The Morgan fingerprint density at radius 1 is 1.11 bits per heavy atom. The molecule has 0 aliphatic heterocycles. The van der Waals surface area contributed by atoms with Gasteiger partial charge in [0.1, 0.15) is 5.75 Å². The van der Waals surface area contributed by atoms with Gasteiger partial charge in [-0.25, -0.2) is 0 Å². The molecule has 104 valence electrons. The first-order chi connectivity index (χ1) is 9.06. The molecule has 0 heterocycles. The first-order valence-electron chi connectivity index (χ1n) is 7.26. The van der Waals surface area contributed by atoms with E-state index < -0.39 is 0 Å². The number of hydrogen-bond acceptors (Lipinski definition) is 1. The fourth-order valence-electron chi connectivity index (χ4n) is 1.90. The third-order valence-electron chi connectivity index (χ3n) is 3.24. The van der Waals surface area contributed by atoms with E-state index in [0.29, 0.717) is 17.8 Å². The molecule has 0 saturated heterocycles. The predicted octanol–water partition coefficient (Wildman–Crippen LogP) is 4.87. The lowest BCUT2D eigenvalue weighted by atomic mass is 9.88. The molecule has 0 aliphatic rings. The molecule has 0 spiro atoms. The van der Waals surface area contributed by atoms with Crippen molar-refractivity contribution in [1.29, 1.82) is 0 Å². The molecule has 1 aromatic carbocycles. The average molecular weight is 258 g/mol. The van der Waals surface area contributed by atoms with Crippen molar-refractivity contribution < 1.29 is 4.74 Å². The summed E-state index contributed by atoms with van der Waals surface area (Å²) in [6, 6.07) is 8.33. The molecule has 1 aromatic rings. The molecule has 1 heteroatoms. The van der Waals surface area contributed by atoms with Gasteiger partial charge >= 0.3 is 0 Å². The Morgan fingerprint density at radius 2 is 1.79 bits per heavy atom. The van der Waals surface area contributed by atoms with E-state index in [1.165, 1.54) is 5.56 Å². The van der Waals surface area contributed by atoms with Crippen LogP contribution >= 0.6 is 0 Å². The number of hydrogen-bond donors (Lipinski definition) is 0. The second-order valence-electron chi connectivity index (χ2n) is 5.49. The molecule has 1 rings (SSSR count). The Hall–Kier alpha value is -1.42. The summed E-state index contributed by atoms with van der Waals surface area (Å²) in [7, 11) is 0. The van der Waals surface area contributed by atoms with Gasteiger partial charge in [-0.15, -0.1) is 5.92 Å². The minimum Gasteiger partial charge on any atom is -0.493 e. The fraction of sp³-hybridized carbons (Fsp3) is 0.556. The van der Waals surface area contributed by atoms with Crippen molar-refractivity contribution in [3.05, 3.63) is 29.8 Å². The molecular weight excluding hydrogens is 232 g/mol. The zero-order valence-electron chi connectivity index (χ0n) is 12.9. The van der Waals surface area contributed by atoms with E-state index in [2.05, 4.69) is 64.7 Å². The second-order valence-corrected chi connectivity index (χ2v) is 5.49. The van der Waals surface area contributed by atoms with E-state index in [1.54, 1.807) is 0 Å². The zero-order chi connectivity index (χ0) is 14.3. The highest BCUT2D eigenvalue weighted by Crippen LogP contribution is 2.31. The predicted molar refractivity (Wildman–Crippen MR) is 82.4 cm³/mol. The third-order valence-corrected chi connectivity index (χ3v) is 3.24. The van der Waals surface area contributed by atoms with Crippen LogP contribution in [0.2, 0.25) is 0 Å². The monoisotopic (exact) mass is 258 g/mol. The number of para-hydroxylation sites is 1. The van der Waals surface area contributed by atoms with Gasteiger partial charge in [0.15, 0.2) is 0 Å². The highest BCUT2D eigenvalue weighted by molar-refractivity contribution is 5.37. The topological polar surface area (TPSA) is 9.23 Å². The highest BCUT2D eigenvalue weighted by atomic mass is 16.5.